The highest BCUT2D eigenvalue weighted by atomic mass is 127. The number of carboxylic acid groups (broad SMARTS) is 1. The fourth-order valence-electron chi connectivity index (χ4n) is 2.05. The van der Waals surface area contributed by atoms with Crippen molar-refractivity contribution in [2.75, 3.05) is 11.9 Å². The molecule has 1 aliphatic rings. The van der Waals surface area contributed by atoms with Gasteiger partial charge in [0.05, 0.1) is 16.8 Å². The van der Waals surface area contributed by atoms with Gasteiger partial charge in [-0.25, -0.2) is 9.59 Å². The molecule has 2 amide bonds. The third kappa shape index (κ3) is 3.33. The number of carboxylic acids is 1. The van der Waals surface area contributed by atoms with Gasteiger partial charge in [-0.3, -0.25) is 0 Å². The lowest BCUT2D eigenvalue weighted by Crippen LogP contribution is -2.43. The zero-order valence-corrected chi connectivity index (χ0v) is 13.1. The minimum absolute atomic E-state index is 0.00914. The van der Waals surface area contributed by atoms with Crippen LogP contribution >= 0.6 is 34.2 Å². The van der Waals surface area contributed by atoms with E-state index in [1.54, 1.807) is 18.2 Å². The molecule has 1 heterocycles. The predicted molar refractivity (Wildman–Crippen MR) is 81.9 cm³/mol. The summed E-state index contributed by atoms with van der Waals surface area (Å²) in [6, 6.07) is 3.50. The molecule has 2 unspecified atom stereocenters. The Morgan fingerprint density at radius 3 is 2.75 bits per heavy atom. The third-order valence-electron chi connectivity index (χ3n) is 3.00. The van der Waals surface area contributed by atoms with Gasteiger partial charge in [-0.1, -0.05) is 11.6 Å². The molecule has 0 spiro atoms. The highest BCUT2D eigenvalue weighted by Crippen LogP contribution is 2.25. The van der Waals surface area contributed by atoms with E-state index in [4.69, 9.17) is 16.7 Å². The molecule has 6 nitrogen and oxygen atoms in total. The first kappa shape index (κ1) is 15.3. The van der Waals surface area contributed by atoms with Crippen molar-refractivity contribution in [2.24, 2.45) is 0 Å². The number of aliphatic carboxylic acids is 1. The van der Waals surface area contributed by atoms with Crippen molar-refractivity contribution < 1.29 is 19.8 Å². The summed E-state index contributed by atoms with van der Waals surface area (Å²) in [6.07, 6.45) is -0.794. The Hall–Kier alpha value is -1.06. The summed E-state index contributed by atoms with van der Waals surface area (Å²) in [5, 5.41) is 21.5. The molecule has 0 aromatic heterocycles. The number of carbonyl (C=O) groups excluding carboxylic acids is 1. The Balaban J connectivity index is 2.13. The van der Waals surface area contributed by atoms with Crippen LogP contribution in [-0.2, 0) is 4.79 Å². The largest absolute Gasteiger partial charge is 0.480 e. The SMILES string of the molecule is O=C(O)C1CC(O)CN1C(=O)Nc1ccc(I)cc1Cl. The molecule has 2 atom stereocenters. The molecule has 1 saturated heterocycles. The van der Waals surface area contributed by atoms with E-state index in [1.807, 2.05) is 0 Å². The first-order valence-electron chi connectivity index (χ1n) is 5.82. The highest BCUT2D eigenvalue weighted by Gasteiger charge is 2.39. The summed E-state index contributed by atoms with van der Waals surface area (Å²) < 4.78 is 0.922. The second kappa shape index (κ2) is 6.15. The Morgan fingerprint density at radius 2 is 2.15 bits per heavy atom. The van der Waals surface area contributed by atoms with E-state index in [2.05, 4.69) is 27.9 Å². The Bertz CT molecular complexity index is 554. The van der Waals surface area contributed by atoms with E-state index in [9.17, 15) is 14.7 Å². The van der Waals surface area contributed by atoms with Crippen LogP contribution in [-0.4, -0.2) is 45.8 Å². The molecule has 108 valence electrons. The van der Waals surface area contributed by atoms with Crippen molar-refractivity contribution >= 4 is 51.9 Å². The van der Waals surface area contributed by atoms with Crippen LogP contribution in [0.2, 0.25) is 5.02 Å². The van der Waals surface area contributed by atoms with Crippen LogP contribution < -0.4 is 5.32 Å². The second-order valence-corrected chi connectivity index (χ2v) is 6.10. The summed E-state index contributed by atoms with van der Waals surface area (Å²) >= 11 is 8.09. The summed E-state index contributed by atoms with van der Waals surface area (Å²) in [7, 11) is 0. The highest BCUT2D eigenvalue weighted by molar-refractivity contribution is 14.1. The molecule has 1 aromatic rings. The maximum Gasteiger partial charge on any atom is 0.326 e. The molecule has 0 radical (unpaired) electrons. The Labute approximate surface area is 133 Å². The topological polar surface area (TPSA) is 89.9 Å². The number of nitrogens with zero attached hydrogens (tertiary/aromatic N) is 1. The fraction of sp³-hybridized carbons (Fsp3) is 0.333. The number of hydrogen-bond acceptors (Lipinski definition) is 3. The van der Waals surface area contributed by atoms with Crippen LogP contribution in [0.25, 0.3) is 0 Å². The van der Waals surface area contributed by atoms with Gasteiger partial charge < -0.3 is 20.4 Å². The van der Waals surface area contributed by atoms with E-state index in [0.29, 0.717) is 10.7 Å². The lowest BCUT2D eigenvalue weighted by molar-refractivity contribution is -0.141. The van der Waals surface area contributed by atoms with Gasteiger partial charge in [0.15, 0.2) is 0 Å². The molecule has 0 bridgehead atoms. The number of aliphatic hydroxyl groups is 1. The molecule has 8 heteroatoms. The van der Waals surface area contributed by atoms with Crippen molar-refractivity contribution in [1.29, 1.82) is 0 Å². The smallest absolute Gasteiger partial charge is 0.326 e. The number of aliphatic hydroxyl groups excluding tert-OH is 1. The molecule has 3 N–H and O–H groups in total. The average Bonchev–Trinajstić information content (AvgIpc) is 2.75. The molecule has 2 rings (SSSR count). The maximum absolute atomic E-state index is 12.1. The van der Waals surface area contributed by atoms with Gasteiger partial charge in [0.2, 0.25) is 0 Å². The number of carbonyl (C=O) groups is 2. The number of rotatable bonds is 2. The van der Waals surface area contributed by atoms with Crippen molar-refractivity contribution in [2.45, 2.75) is 18.6 Å². The molecule has 1 aromatic carbocycles. The zero-order valence-electron chi connectivity index (χ0n) is 10.2. The molecule has 20 heavy (non-hydrogen) atoms. The van der Waals surface area contributed by atoms with Crippen molar-refractivity contribution in [3.05, 3.63) is 26.8 Å². The van der Waals surface area contributed by atoms with Crippen LogP contribution in [0.3, 0.4) is 0 Å². The molecule has 1 fully saturated rings. The first-order chi connectivity index (χ1) is 9.38. The summed E-state index contributed by atoms with van der Waals surface area (Å²) in [6.45, 7) is -0.00914. The Kier molecular flexibility index (Phi) is 4.71. The number of anilines is 1. The normalized spacial score (nSPS) is 21.9. The van der Waals surface area contributed by atoms with Crippen LogP contribution in [0, 0.1) is 3.57 Å². The lowest BCUT2D eigenvalue weighted by Gasteiger charge is -2.21. The summed E-state index contributed by atoms with van der Waals surface area (Å²) in [5.74, 6) is -1.13. The predicted octanol–water partition coefficient (Wildman–Crippen LogP) is 2.00. The number of benzene rings is 1. The number of β-amino-alcohol motifs (C(OH)–C–C–N with tert-alkyl or cyclic N) is 1. The summed E-state index contributed by atoms with van der Waals surface area (Å²) in [5.41, 5.74) is 0.405. The van der Waals surface area contributed by atoms with Crippen LogP contribution in [0.15, 0.2) is 18.2 Å². The number of urea groups is 1. The number of hydrogen-bond donors (Lipinski definition) is 3. The van der Waals surface area contributed by atoms with Gasteiger partial charge in [-0.05, 0) is 40.8 Å². The summed E-state index contributed by atoms with van der Waals surface area (Å²) in [4.78, 5) is 24.3. The Morgan fingerprint density at radius 1 is 1.45 bits per heavy atom. The third-order valence-corrected chi connectivity index (χ3v) is 3.98. The van der Waals surface area contributed by atoms with Crippen LogP contribution in [0.1, 0.15) is 6.42 Å². The fourth-order valence-corrected chi connectivity index (χ4v) is 2.95. The second-order valence-electron chi connectivity index (χ2n) is 4.45. The number of nitrogens with one attached hydrogen (secondary N) is 1. The van der Waals surface area contributed by atoms with E-state index < -0.39 is 24.1 Å². The van der Waals surface area contributed by atoms with Gasteiger partial charge in [0.1, 0.15) is 6.04 Å². The van der Waals surface area contributed by atoms with Crippen molar-refractivity contribution in [3.63, 3.8) is 0 Å². The van der Waals surface area contributed by atoms with Gasteiger partial charge in [0.25, 0.3) is 0 Å². The van der Waals surface area contributed by atoms with Gasteiger partial charge >= 0.3 is 12.0 Å². The molecule has 0 aliphatic carbocycles. The molecular weight excluding hydrogens is 398 g/mol. The van der Waals surface area contributed by atoms with Crippen LogP contribution in [0.5, 0.6) is 0 Å². The van der Waals surface area contributed by atoms with E-state index in [0.717, 1.165) is 8.47 Å². The first-order valence-corrected chi connectivity index (χ1v) is 7.27. The minimum Gasteiger partial charge on any atom is -0.480 e. The van der Waals surface area contributed by atoms with Crippen molar-refractivity contribution in [1.82, 2.24) is 4.90 Å². The van der Waals surface area contributed by atoms with Gasteiger partial charge in [0, 0.05) is 16.5 Å². The monoisotopic (exact) mass is 410 g/mol. The number of likely N-dealkylation sites (tertiary alicyclic amines) is 1. The number of amides is 2. The molecule has 1 aliphatic heterocycles. The van der Waals surface area contributed by atoms with E-state index >= 15 is 0 Å². The van der Waals surface area contributed by atoms with Gasteiger partial charge in [-0.2, -0.15) is 0 Å². The van der Waals surface area contributed by atoms with Crippen molar-refractivity contribution in [3.8, 4) is 0 Å². The minimum atomic E-state index is -1.13. The molecule has 0 saturated carbocycles. The van der Waals surface area contributed by atoms with E-state index in [-0.39, 0.29) is 13.0 Å². The quantitative estimate of drug-likeness (QED) is 0.651. The average molecular weight is 411 g/mol. The maximum atomic E-state index is 12.1. The molecular formula is C12H12ClIN2O4. The number of halogens is 2. The lowest BCUT2D eigenvalue weighted by atomic mass is 10.2. The van der Waals surface area contributed by atoms with Gasteiger partial charge in [-0.15, -0.1) is 0 Å². The zero-order chi connectivity index (χ0) is 14.9. The standard InChI is InChI=1S/C12H12ClIN2O4/c13-8-3-6(14)1-2-9(8)15-12(20)16-5-7(17)4-10(16)11(18)19/h1-3,7,10,17H,4-5H2,(H,15,20)(H,18,19). The van der Waals surface area contributed by atoms with Crippen LogP contribution in [0.4, 0.5) is 10.5 Å². The van der Waals surface area contributed by atoms with E-state index in [1.165, 1.54) is 0 Å².